The molecule has 1 aliphatic rings. The van der Waals surface area contributed by atoms with Crippen molar-refractivity contribution in [3.63, 3.8) is 0 Å². The summed E-state index contributed by atoms with van der Waals surface area (Å²) in [6.07, 6.45) is -0.229. The first-order valence-electron chi connectivity index (χ1n) is 10.7. The molecule has 0 fully saturated rings. The minimum atomic E-state index is -2.33. The summed E-state index contributed by atoms with van der Waals surface area (Å²) < 4.78 is 12.8. The van der Waals surface area contributed by atoms with Crippen LogP contribution in [0.15, 0.2) is 54.6 Å². The summed E-state index contributed by atoms with van der Waals surface area (Å²) in [6.45, 7) is 2.68. The van der Waals surface area contributed by atoms with Gasteiger partial charge in [0, 0.05) is 16.6 Å². The van der Waals surface area contributed by atoms with E-state index < -0.39 is 6.16 Å². The van der Waals surface area contributed by atoms with Crippen LogP contribution in [0.25, 0.3) is 10.9 Å². The van der Waals surface area contributed by atoms with Gasteiger partial charge in [0.15, 0.2) is 0 Å². The van der Waals surface area contributed by atoms with Crippen molar-refractivity contribution >= 4 is 29.0 Å². The van der Waals surface area contributed by atoms with Crippen LogP contribution in [0.1, 0.15) is 30.2 Å². The molecule has 2 aromatic carbocycles. The monoisotopic (exact) mass is 717 g/mol. The second-order valence-electron chi connectivity index (χ2n) is 7.62. The minimum absolute atomic E-state index is 0. The van der Waals surface area contributed by atoms with E-state index in [0.29, 0.717) is 19.6 Å². The summed E-state index contributed by atoms with van der Waals surface area (Å²) in [4.78, 5) is 33.1. The molecule has 1 aliphatic carbocycles. The molecular formula is C25H25Cs2NO7. The number of para-hydroxylation sites is 1. The molecule has 0 saturated carbocycles. The zero-order chi connectivity index (χ0) is 23.8. The average Bonchev–Trinajstić information content (AvgIpc) is 3.11. The number of rotatable bonds is 6. The van der Waals surface area contributed by atoms with E-state index in [1.807, 2.05) is 60.0 Å². The van der Waals surface area contributed by atoms with Gasteiger partial charge >= 0.3 is 150 Å². The van der Waals surface area contributed by atoms with Crippen molar-refractivity contribution in [1.82, 2.24) is 4.57 Å². The third kappa shape index (κ3) is 9.84. The number of hydrogen-bond donors (Lipinski definition) is 0. The Morgan fingerprint density at radius 1 is 0.971 bits per heavy atom. The van der Waals surface area contributed by atoms with Gasteiger partial charge in [-0.1, -0.05) is 48.5 Å². The van der Waals surface area contributed by atoms with Crippen molar-refractivity contribution in [2.75, 3.05) is 6.61 Å². The number of carboxylic acid groups (broad SMARTS) is 2. The number of aromatic nitrogens is 1. The van der Waals surface area contributed by atoms with Crippen LogP contribution in [-0.2, 0) is 45.1 Å². The molecule has 0 saturated heterocycles. The third-order valence-corrected chi connectivity index (χ3v) is 5.52. The van der Waals surface area contributed by atoms with Gasteiger partial charge in [0.1, 0.15) is 13.2 Å². The number of carbonyl (C=O) groups excluding carboxylic acids is 3. The molecule has 1 heterocycles. The Kier molecular flexibility index (Phi) is 16.2. The predicted molar refractivity (Wildman–Crippen MR) is 116 cm³/mol. The number of fused-ring (bicyclic) bond motifs is 3. The van der Waals surface area contributed by atoms with E-state index >= 15 is 0 Å². The maximum Gasteiger partial charge on any atom is 1.00 e. The molecule has 1 aromatic heterocycles. The van der Waals surface area contributed by atoms with Gasteiger partial charge in [-0.3, -0.25) is 9.59 Å². The topological polar surface area (TPSA) is 121 Å². The van der Waals surface area contributed by atoms with Crippen molar-refractivity contribution in [3.05, 3.63) is 71.4 Å². The average molecular weight is 717 g/mol. The fourth-order valence-electron chi connectivity index (χ4n) is 4.17. The number of carbonyl (C=O) groups is 3. The van der Waals surface area contributed by atoms with Crippen LogP contribution >= 0.6 is 0 Å². The van der Waals surface area contributed by atoms with Crippen LogP contribution in [-0.4, -0.2) is 29.3 Å². The van der Waals surface area contributed by atoms with E-state index in [2.05, 4.69) is 6.07 Å². The predicted octanol–water partition coefficient (Wildman–Crippen LogP) is -4.39. The SMILES string of the molecule is CCOC(=O)Cn1c2c(c3ccccc31)CC(C(=O)OCc1ccccc1)CC2.O=C([O-])[O-].[Cs+].[Cs+]. The van der Waals surface area contributed by atoms with E-state index in [1.54, 1.807) is 0 Å². The fraction of sp³-hybridized carbons (Fsp3) is 0.320. The Morgan fingerprint density at radius 2 is 1.60 bits per heavy atom. The Morgan fingerprint density at radius 3 is 2.26 bits per heavy atom. The van der Waals surface area contributed by atoms with E-state index in [1.165, 1.54) is 0 Å². The Labute approximate surface area is 322 Å². The molecule has 0 bridgehead atoms. The van der Waals surface area contributed by atoms with Gasteiger partial charge in [-0.2, -0.15) is 0 Å². The molecule has 0 spiro atoms. The van der Waals surface area contributed by atoms with Crippen molar-refractivity contribution in [1.29, 1.82) is 0 Å². The van der Waals surface area contributed by atoms with E-state index in [4.69, 9.17) is 24.5 Å². The summed E-state index contributed by atoms with van der Waals surface area (Å²) in [6, 6.07) is 17.8. The Balaban J connectivity index is 0.000000950. The zero-order valence-corrected chi connectivity index (χ0v) is 32.9. The molecule has 3 aromatic rings. The van der Waals surface area contributed by atoms with Gasteiger partial charge in [-0.15, -0.1) is 0 Å². The normalized spacial score (nSPS) is 13.7. The van der Waals surface area contributed by atoms with E-state index in [9.17, 15) is 9.59 Å². The molecule has 174 valence electrons. The third-order valence-electron chi connectivity index (χ3n) is 5.52. The van der Waals surface area contributed by atoms with Crippen LogP contribution in [0.3, 0.4) is 0 Å². The first-order chi connectivity index (χ1) is 15.9. The summed E-state index contributed by atoms with van der Waals surface area (Å²) >= 11 is 0. The van der Waals surface area contributed by atoms with Crippen LogP contribution < -0.4 is 148 Å². The van der Waals surface area contributed by atoms with Gasteiger partial charge in [-0.25, -0.2) is 0 Å². The number of ether oxygens (including phenoxy) is 2. The maximum absolute atomic E-state index is 12.7. The quantitative estimate of drug-likeness (QED) is 0.237. The summed E-state index contributed by atoms with van der Waals surface area (Å²) in [7, 11) is 0. The Bertz CT molecular complexity index is 1130. The summed E-state index contributed by atoms with van der Waals surface area (Å²) in [5.41, 5.74) is 4.29. The molecule has 4 rings (SSSR count). The van der Waals surface area contributed by atoms with Gasteiger partial charge < -0.3 is 29.0 Å². The number of hydrogen-bond acceptors (Lipinski definition) is 7. The van der Waals surface area contributed by atoms with E-state index in [0.717, 1.165) is 40.6 Å². The van der Waals surface area contributed by atoms with Crippen molar-refractivity contribution in [2.24, 2.45) is 5.92 Å². The molecule has 0 radical (unpaired) electrons. The van der Waals surface area contributed by atoms with Crippen LogP contribution in [0.4, 0.5) is 4.79 Å². The number of esters is 2. The van der Waals surface area contributed by atoms with Crippen molar-refractivity contribution < 1.29 is 172 Å². The molecule has 0 aliphatic heterocycles. The molecule has 35 heavy (non-hydrogen) atoms. The molecule has 0 amide bonds. The van der Waals surface area contributed by atoms with Crippen molar-refractivity contribution in [3.8, 4) is 0 Å². The largest absolute Gasteiger partial charge is 1.00 e. The van der Waals surface area contributed by atoms with E-state index in [-0.39, 0.29) is 162 Å². The number of nitrogens with zero attached hydrogens (tertiary/aromatic N) is 1. The second-order valence-corrected chi connectivity index (χ2v) is 7.62. The minimum Gasteiger partial charge on any atom is -0.652 e. The van der Waals surface area contributed by atoms with Gasteiger partial charge in [0.2, 0.25) is 0 Å². The molecule has 1 atom stereocenters. The molecule has 10 heteroatoms. The first-order valence-corrected chi connectivity index (χ1v) is 10.7. The summed E-state index contributed by atoms with van der Waals surface area (Å²) in [5.74, 6) is -0.546. The van der Waals surface area contributed by atoms with Gasteiger partial charge in [0.05, 0.1) is 12.5 Å². The molecule has 0 N–H and O–H groups in total. The Hall–Kier alpha value is 0.294. The standard InChI is InChI=1S/C24H25NO4.CH2O3.2Cs/c1-2-28-23(26)15-25-21-11-7-6-10-19(21)20-14-18(12-13-22(20)25)24(27)29-16-17-8-4-3-5-9-17;2-1(3)4;;/h3-11,18H,2,12-16H2,1H3;(H2,2,3,4);;/q;;2*+1/p-2. The summed E-state index contributed by atoms with van der Waals surface area (Å²) in [5, 5.41) is 17.8. The van der Waals surface area contributed by atoms with Gasteiger partial charge in [-0.05, 0) is 49.5 Å². The second kappa shape index (κ2) is 17.0. The van der Waals surface area contributed by atoms with Crippen molar-refractivity contribution in [2.45, 2.75) is 39.3 Å². The molecule has 8 nitrogen and oxygen atoms in total. The number of benzene rings is 2. The fourth-order valence-corrected chi connectivity index (χ4v) is 4.17. The molecular weight excluding hydrogens is 692 g/mol. The van der Waals surface area contributed by atoms with Crippen LogP contribution in [0, 0.1) is 5.92 Å². The first kappa shape index (κ1) is 33.3. The smallest absolute Gasteiger partial charge is 0.652 e. The molecule has 1 unspecified atom stereocenters. The van der Waals surface area contributed by atoms with Crippen LogP contribution in [0.2, 0.25) is 0 Å². The zero-order valence-electron chi connectivity index (χ0n) is 20.3. The van der Waals surface area contributed by atoms with Crippen LogP contribution in [0.5, 0.6) is 0 Å². The van der Waals surface area contributed by atoms with Gasteiger partial charge in [0.25, 0.3) is 0 Å². The maximum atomic E-state index is 12.7.